The van der Waals surface area contributed by atoms with Crippen LogP contribution >= 0.6 is 11.3 Å². The second-order valence-corrected chi connectivity index (χ2v) is 5.43. The summed E-state index contributed by atoms with van der Waals surface area (Å²) < 4.78 is 0. The van der Waals surface area contributed by atoms with Crippen LogP contribution in [-0.2, 0) is 6.54 Å². The molecule has 0 aromatic carbocycles. The lowest BCUT2D eigenvalue weighted by atomic mass is 10.2. The minimum atomic E-state index is -0.544. The number of nitrogens with two attached hydrogens (primary N) is 1. The summed E-state index contributed by atoms with van der Waals surface area (Å²) in [6.07, 6.45) is 1.05. The van der Waals surface area contributed by atoms with E-state index in [9.17, 15) is 9.59 Å². The molecular weight excluding hydrogens is 252 g/mol. The summed E-state index contributed by atoms with van der Waals surface area (Å²) in [7, 11) is 0. The number of hydrogen-bond acceptors (Lipinski definition) is 4. The van der Waals surface area contributed by atoms with Crippen LogP contribution in [0.4, 0.5) is 4.79 Å². The standard InChI is InChI=1S/C11H16N4O2S/c1-7-2-3-15(5-7)11(17)13-4-9-14-8(6-18-9)10(12)16/h6-7H,2-5H2,1H3,(H2,12,16)(H,13,17). The maximum absolute atomic E-state index is 11.8. The van der Waals surface area contributed by atoms with Gasteiger partial charge >= 0.3 is 6.03 Å². The van der Waals surface area contributed by atoms with Crippen LogP contribution in [0.2, 0.25) is 0 Å². The molecule has 3 amide bonds. The smallest absolute Gasteiger partial charge is 0.317 e. The average Bonchev–Trinajstić information content (AvgIpc) is 2.94. The molecule has 3 N–H and O–H groups in total. The third-order valence-corrected chi connectivity index (χ3v) is 3.75. The van der Waals surface area contributed by atoms with Crippen molar-refractivity contribution in [2.24, 2.45) is 11.7 Å². The lowest BCUT2D eigenvalue weighted by Crippen LogP contribution is -2.37. The predicted octanol–water partition coefficient (Wildman–Crippen LogP) is 0.793. The highest BCUT2D eigenvalue weighted by Crippen LogP contribution is 2.15. The van der Waals surface area contributed by atoms with Crippen molar-refractivity contribution in [2.75, 3.05) is 13.1 Å². The first-order valence-electron chi connectivity index (χ1n) is 5.83. The third kappa shape index (κ3) is 2.98. The Morgan fingerprint density at radius 1 is 1.67 bits per heavy atom. The zero-order valence-electron chi connectivity index (χ0n) is 10.2. The van der Waals surface area contributed by atoms with E-state index in [4.69, 9.17) is 5.73 Å². The van der Waals surface area contributed by atoms with Crippen molar-refractivity contribution in [3.63, 3.8) is 0 Å². The molecule has 0 saturated carbocycles. The van der Waals surface area contributed by atoms with Crippen LogP contribution in [0.3, 0.4) is 0 Å². The number of urea groups is 1. The third-order valence-electron chi connectivity index (χ3n) is 2.91. The molecule has 0 aliphatic carbocycles. The van der Waals surface area contributed by atoms with Crippen molar-refractivity contribution in [2.45, 2.75) is 19.9 Å². The summed E-state index contributed by atoms with van der Waals surface area (Å²) in [4.78, 5) is 28.5. The second kappa shape index (κ2) is 5.34. The summed E-state index contributed by atoms with van der Waals surface area (Å²) >= 11 is 1.32. The number of nitrogens with zero attached hydrogens (tertiary/aromatic N) is 2. The van der Waals surface area contributed by atoms with E-state index >= 15 is 0 Å². The van der Waals surface area contributed by atoms with Crippen molar-refractivity contribution in [3.05, 3.63) is 16.1 Å². The minimum Gasteiger partial charge on any atom is -0.364 e. The van der Waals surface area contributed by atoms with Crippen LogP contribution in [0.25, 0.3) is 0 Å². The predicted molar refractivity (Wildman–Crippen MR) is 68.2 cm³/mol. The van der Waals surface area contributed by atoms with E-state index in [1.165, 1.54) is 11.3 Å². The number of aromatic nitrogens is 1. The Bertz CT molecular complexity index is 460. The first kappa shape index (κ1) is 12.8. The molecule has 1 atom stereocenters. The monoisotopic (exact) mass is 268 g/mol. The SMILES string of the molecule is CC1CCN(C(=O)NCc2nc(C(N)=O)cs2)C1. The van der Waals surface area contributed by atoms with Gasteiger partial charge in [0.2, 0.25) is 0 Å². The van der Waals surface area contributed by atoms with Crippen LogP contribution in [0.1, 0.15) is 28.8 Å². The number of hydrogen-bond donors (Lipinski definition) is 2. The Morgan fingerprint density at radius 2 is 2.44 bits per heavy atom. The molecule has 1 aromatic rings. The first-order chi connectivity index (χ1) is 8.56. The van der Waals surface area contributed by atoms with E-state index in [1.807, 2.05) is 0 Å². The molecule has 2 heterocycles. The maximum atomic E-state index is 11.8. The molecule has 0 spiro atoms. The summed E-state index contributed by atoms with van der Waals surface area (Å²) in [6, 6.07) is -0.0739. The van der Waals surface area contributed by atoms with Gasteiger partial charge in [-0.3, -0.25) is 4.79 Å². The summed E-state index contributed by atoms with van der Waals surface area (Å²) in [5, 5.41) is 5.08. The largest absolute Gasteiger partial charge is 0.364 e. The molecule has 1 fully saturated rings. The Kier molecular flexibility index (Phi) is 3.81. The zero-order valence-corrected chi connectivity index (χ0v) is 11.0. The van der Waals surface area contributed by atoms with Crippen LogP contribution in [0.5, 0.6) is 0 Å². The molecule has 6 nitrogen and oxygen atoms in total. The molecular formula is C11H16N4O2S. The fourth-order valence-corrected chi connectivity index (χ4v) is 2.61. The van der Waals surface area contributed by atoms with E-state index in [1.54, 1.807) is 10.3 Å². The number of amides is 3. The topological polar surface area (TPSA) is 88.3 Å². The highest BCUT2D eigenvalue weighted by atomic mass is 32.1. The summed E-state index contributed by atoms with van der Waals surface area (Å²) in [5.74, 6) is 0.0225. The lowest BCUT2D eigenvalue weighted by Gasteiger charge is -2.16. The number of carbonyl (C=O) groups excluding carboxylic acids is 2. The van der Waals surface area contributed by atoms with E-state index in [0.29, 0.717) is 17.5 Å². The van der Waals surface area contributed by atoms with Crippen molar-refractivity contribution in [1.29, 1.82) is 0 Å². The van der Waals surface area contributed by atoms with Gasteiger partial charge in [0.25, 0.3) is 5.91 Å². The fourth-order valence-electron chi connectivity index (χ4n) is 1.89. The molecule has 1 unspecified atom stereocenters. The minimum absolute atomic E-state index is 0.0739. The average molecular weight is 268 g/mol. The van der Waals surface area contributed by atoms with Gasteiger partial charge in [0.05, 0.1) is 6.54 Å². The number of primary amides is 1. The number of rotatable bonds is 3. The van der Waals surface area contributed by atoms with Crippen LogP contribution < -0.4 is 11.1 Å². The number of nitrogens with one attached hydrogen (secondary N) is 1. The molecule has 1 aromatic heterocycles. The fraction of sp³-hybridized carbons (Fsp3) is 0.545. The molecule has 0 radical (unpaired) electrons. The van der Waals surface area contributed by atoms with Gasteiger partial charge in [0.15, 0.2) is 0 Å². The van der Waals surface area contributed by atoms with Gasteiger partial charge in [0.1, 0.15) is 10.7 Å². The van der Waals surface area contributed by atoms with Gasteiger partial charge in [-0.15, -0.1) is 11.3 Å². The van der Waals surface area contributed by atoms with Crippen molar-refractivity contribution in [3.8, 4) is 0 Å². The molecule has 18 heavy (non-hydrogen) atoms. The molecule has 1 aliphatic rings. The van der Waals surface area contributed by atoms with E-state index < -0.39 is 5.91 Å². The van der Waals surface area contributed by atoms with Crippen molar-refractivity contribution >= 4 is 23.3 Å². The molecule has 0 bridgehead atoms. The summed E-state index contributed by atoms with van der Waals surface area (Å²) in [6.45, 7) is 4.07. The highest BCUT2D eigenvalue weighted by Gasteiger charge is 2.22. The molecule has 1 saturated heterocycles. The molecule has 1 aliphatic heterocycles. The molecule has 2 rings (SSSR count). The Hall–Kier alpha value is -1.63. The van der Waals surface area contributed by atoms with E-state index in [0.717, 1.165) is 19.5 Å². The van der Waals surface area contributed by atoms with Crippen LogP contribution in [-0.4, -0.2) is 34.9 Å². The summed E-state index contributed by atoms with van der Waals surface area (Å²) in [5.41, 5.74) is 5.36. The van der Waals surface area contributed by atoms with Gasteiger partial charge < -0.3 is 16.0 Å². The van der Waals surface area contributed by atoms with Crippen LogP contribution in [0, 0.1) is 5.92 Å². The van der Waals surface area contributed by atoms with Gasteiger partial charge in [-0.25, -0.2) is 9.78 Å². The molecule has 98 valence electrons. The Balaban J connectivity index is 1.83. The lowest BCUT2D eigenvalue weighted by molar-refractivity contribution is 0.0996. The number of carbonyl (C=O) groups is 2. The zero-order chi connectivity index (χ0) is 13.1. The Labute approximate surface area is 109 Å². The van der Waals surface area contributed by atoms with Gasteiger partial charge in [0, 0.05) is 18.5 Å². The van der Waals surface area contributed by atoms with Gasteiger partial charge in [-0.1, -0.05) is 6.92 Å². The normalized spacial score (nSPS) is 18.9. The van der Waals surface area contributed by atoms with Gasteiger partial charge in [-0.2, -0.15) is 0 Å². The van der Waals surface area contributed by atoms with Crippen LogP contribution in [0.15, 0.2) is 5.38 Å². The quantitative estimate of drug-likeness (QED) is 0.849. The molecule has 7 heteroatoms. The van der Waals surface area contributed by atoms with Crippen molar-refractivity contribution < 1.29 is 9.59 Å². The van der Waals surface area contributed by atoms with Gasteiger partial charge in [-0.05, 0) is 12.3 Å². The highest BCUT2D eigenvalue weighted by molar-refractivity contribution is 7.09. The van der Waals surface area contributed by atoms with E-state index in [2.05, 4.69) is 17.2 Å². The first-order valence-corrected chi connectivity index (χ1v) is 6.71. The maximum Gasteiger partial charge on any atom is 0.317 e. The number of thiazole rings is 1. The number of likely N-dealkylation sites (tertiary alicyclic amines) is 1. The Morgan fingerprint density at radius 3 is 3.00 bits per heavy atom. The van der Waals surface area contributed by atoms with E-state index in [-0.39, 0.29) is 11.7 Å². The van der Waals surface area contributed by atoms with Crippen molar-refractivity contribution in [1.82, 2.24) is 15.2 Å². The second-order valence-electron chi connectivity index (χ2n) is 4.49.